The summed E-state index contributed by atoms with van der Waals surface area (Å²) in [6.07, 6.45) is 0. The molecule has 3 N–H and O–H groups in total. The van der Waals surface area contributed by atoms with Crippen molar-refractivity contribution in [1.82, 2.24) is 0 Å². The summed E-state index contributed by atoms with van der Waals surface area (Å²) in [4.78, 5) is 12.5. The Morgan fingerprint density at radius 1 is 0.861 bits per heavy atom. The maximum absolute atomic E-state index is 13.7. The molecule has 0 aliphatic rings. The van der Waals surface area contributed by atoms with Crippen molar-refractivity contribution < 1.29 is 31.8 Å². The van der Waals surface area contributed by atoms with Gasteiger partial charge in [-0.1, -0.05) is 18.2 Å². The summed E-state index contributed by atoms with van der Waals surface area (Å²) in [6.45, 7) is 0. The smallest absolute Gasteiger partial charge is 0.262 e. The Kier molecular flexibility index (Phi) is 6.89. The number of anilines is 2. The molecule has 0 saturated carbocycles. The van der Waals surface area contributed by atoms with E-state index in [-0.39, 0.29) is 27.8 Å². The highest BCUT2D eigenvalue weighted by molar-refractivity contribution is 7.92. The molecule has 1 amide bonds. The van der Waals surface area contributed by atoms with Crippen LogP contribution in [0.5, 0.6) is 11.5 Å². The van der Waals surface area contributed by atoms with Crippen LogP contribution >= 0.6 is 0 Å². The molecule has 0 saturated heterocycles. The normalized spacial score (nSPS) is 11.1. The van der Waals surface area contributed by atoms with Crippen LogP contribution < -0.4 is 14.8 Å². The molecule has 0 aliphatic carbocycles. The van der Waals surface area contributed by atoms with Gasteiger partial charge < -0.3 is 15.2 Å². The number of rotatable bonds is 7. The summed E-state index contributed by atoms with van der Waals surface area (Å²) < 4.78 is 59.1. The molecule has 7 nitrogen and oxygen atoms in total. The maximum Gasteiger partial charge on any atom is 0.262 e. The van der Waals surface area contributed by atoms with Gasteiger partial charge in [-0.15, -0.1) is 0 Å². The number of nitrogens with one attached hydrogen (secondary N) is 2. The van der Waals surface area contributed by atoms with Crippen molar-refractivity contribution in [2.75, 3.05) is 17.1 Å². The number of phenols is 1. The van der Waals surface area contributed by atoms with E-state index in [4.69, 9.17) is 4.74 Å². The number of aromatic hydroxyl groups is 1. The molecular weight excluding hydrogens is 490 g/mol. The minimum atomic E-state index is -4.11. The van der Waals surface area contributed by atoms with Gasteiger partial charge in [0.15, 0.2) is 11.6 Å². The molecular formula is C26H20F2N2O5S. The number of halogens is 2. The van der Waals surface area contributed by atoms with Crippen molar-refractivity contribution >= 4 is 27.3 Å². The van der Waals surface area contributed by atoms with Crippen LogP contribution in [0.15, 0.2) is 89.8 Å². The van der Waals surface area contributed by atoms with Crippen molar-refractivity contribution in [3.8, 4) is 22.6 Å². The van der Waals surface area contributed by atoms with Gasteiger partial charge in [-0.2, -0.15) is 0 Å². The molecule has 10 heteroatoms. The number of carbonyl (C=O) groups is 1. The number of ether oxygens (including phenoxy) is 1. The molecule has 0 fully saturated rings. The first-order chi connectivity index (χ1) is 17.2. The molecule has 4 rings (SSSR count). The van der Waals surface area contributed by atoms with Gasteiger partial charge in [0, 0.05) is 11.3 Å². The van der Waals surface area contributed by atoms with Gasteiger partial charge in [-0.25, -0.2) is 17.2 Å². The first-order valence-electron chi connectivity index (χ1n) is 10.5. The predicted octanol–water partition coefficient (Wildman–Crippen LogP) is 5.40. The zero-order valence-corrected chi connectivity index (χ0v) is 19.6. The largest absolute Gasteiger partial charge is 0.506 e. The minimum absolute atomic E-state index is 0.104. The van der Waals surface area contributed by atoms with E-state index >= 15 is 0 Å². The van der Waals surface area contributed by atoms with Crippen LogP contribution in [-0.4, -0.2) is 26.5 Å². The second-order valence-electron chi connectivity index (χ2n) is 7.67. The summed E-state index contributed by atoms with van der Waals surface area (Å²) in [6, 6.07) is 19.1. The third-order valence-corrected chi connectivity index (χ3v) is 6.64. The van der Waals surface area contributed by atoms with Crippen LogP contribution in [0.25, 0.3) is 11.1 Å². The summed E-state index contributed by atoms with van der Waals surface area (Å²) in [7, 11) is -2.74. The minimum Gasteiger partial charge on any atom is -0.506 e. The number of carbonyl (C=O) groups excluding carboxylic acids is 1. The number of hydrogen-bond acceptors (Lipinski definition) is 5. The Morgan fingerprint density at radius 2 is 1.53 bits per heavy atom. The van der Waals surface area contributed by atoms with E-state index in [9.17, 15) is 27.1 Å². The second-order valence-corrected chi connectivity index (χ2v) is 9.35. The molecule has 36 heavy (non-hydrogen) atoms. The molecule has 184 valence electrons. The third-order valence-electron chi connectivity index (χ3n) is 5.25. The van der Waals surface area contributed by atoms with E-state index in [0.717, 1.165) is 29.8 Å². The Bertz CT molecular complexity index is 1520. The van der Waals surface area contributed by atoms with Crippen molar-refractivity contribution in [3.63, 3.8) is 0 Å². The van der Waals surface area contributed by atoms with Crippen molar-refractivity contribution in [1.29, 1.82) is 0 Å². The number of hydrogen-bond donors (Lipinski definition) is 3. The zero-order valence-electron chi connectivity index (χ0n) is 18.8. The van der Waals surface area contributed by atoms with Crippen molar-refractivity contribution in [2.45, 2.75) is 4.90 Å². The molecule has 4 aromatic rings. The quantitative estimate of drug-likeness (QED) is 0.228. The van der Waals surface area contributed by atoms with Crippen LogP contribution in [0, 0.1) is 11.6 Å². The van der Waals surface area contributed by atoms with E-state index < -0.39 is 27.6 Å². The molecule has 4 aromatic carbocycles. The predicted molar refractivity (Wildman–Crippen MR) is 132 cm³/mol. The SMILES string of the molecule is COc1cc(-c2ccc(C(=O)Nc3ccc(O)c(NS(=O)(=O)c4ccc(F)cc4)c3)cc2)ccc1F. The highest BCUT2D eigenvalue weighted by Crippen LogP contribution is 2.30. The van der Waals surface area contributed by atoms with Crippen LogP contribution in [-0.2, 0) is 10.0 Å². The number of benzene rings is 4. The fourth-order valence-corrected chi connectivity index (χ4v) is 4.43. The monoisotopic (exact) mass is 510 g/mol. The molecule has 0 atom stereocenters. The Labute approximate surface area is 206 Å². The number of methoxy groups -OCH3 is 1. The lowest BCUT2D eigenvalue weighted by Gasteiger charge is -2.12. The lowest BCUT2D eigenvalue weighted by Crippen LogP contribution is -2.14. The number of amides is 1. The second kappa shape index (κ2) is 10.0. The molecule has 0 heterocycles. The average Bonchev–Trinajstić information content (AvgIpc) is 2.86. The Hall–Kier alpha value is -4.44. The van der Waals surface area contributed by atoms with Crippen LogP contribution in [0.3, 0.4) is 0 Å². The number of sulfonamides is 1. The fraction of sp³-hybridized carbons (Fsp3) is 0.0385. The summed E-state index contributed by atoms with van der Waals surface area (Å²) in [5.74, 6) is -1.81. The van der Waals surface area contributed by atoms with Crippen LogP contribution in [0.2, 0.25) is 0 Å². The van der Waals surface area contributed by atoms with Gasteiger partial charge in [0.2, 0.25) is 0 Å². The van der Waals surface area contributed by atoms with E-state index in [1.54, 1.807) is 36.4 Å². The van der Waals surface area contributed by atoms with Crippen LogP contribution in [0.1, 0.15) is 10.4 Å². The summed E-state index contributed by atoms with van der Waals surface area (Å²) in [5.41, 5.74) is 1.82. The van der Waals surface area contributed by atoms with Crippen molar-refractivity contribution in [2.24, 2.45) is 0 Å². The van der Waals surface area contributed by atoms with E-state index in [2.05, 4.69) is 10.0 Å². The lowest BCUT2D eigenvalue weighted by atomic mass is 10.0. The maximum atomic E-state index is 13.7. The average molecular weight is 511 g/mol. The summed E-state index contributed by atoms with van der Waals surface area (Å²) >= 11 is 0. The standard InChI is InChI=1S/C26H20F2N2O5S/c1-35-25-14-18(6-12-22(25)28)16-2-4-17(5-3-16)26(32)29-20-9-13-24(31)23(15-20)30-36(33,34)21-10-7-19(27)8-11-21/h2-15,30-31H,1H3,(H,29,32). The Morgan fingerprint density at radius 3 is 2.19 bits per heavy atom. The van der Waals surface area contributed by atoms with E-state index in [1.165, 1.54) is 31.4 Å². The highest BCUT2D eigenvalue weighted by Gasteiger charge is 2.17. The Balaban J connectivity index is 1.50. The van der Waals surface area contributed by atoms with Gasteiger partial charge in [0.25, 0.3) is 15.9 Å². The van der Waals surface area contributed by atoms with Gasteiger partial charge in [-0.05, 0) is 77.9 Å². The van der Waals surface area contributed by atoms with Gasteiger partial charge in [0.1, 0.15) is 11.6 Å². The van der Waals surface area contributed by atoms with Gasteiger partial charge in [-0.3, -0.25) is 9.52 Å². The van der Waals surface area contributed by atoms with Crippen LogP contribution in [0.4, 0.5) is 20.2 Å². The summed E-state index contributed by atoms with van der Waals surface area (Å²) in [5, 5.41) is 12.7. The highest BCUT2D eigenvalue weighted by atomic mass is 32.2. The zero-order chi connectivity index (χ0) is 25.9. The first-order valence-corrected chi connectivity index (χ1v) is 12.0. The molecule has 0 bridgehead atoms. The lowest BCUT2D eigenvalue weighted by molar-refractivity contribution is 0.102. The topological polar surface area (TPSA) is 105 Å². The van der Waals surface area contributed by atoms with Gasteiger partial charge >= 0.3 is 0 Å². The molecule has 0 spiro atoms. The van der Waals surface area contributed by atoms with Crippen molar-refractivity contribution in [3.05, 3.63) is 102 Å². The van der Waals surface area contributed by atoms with E-state index in [1.807, 2.05) is 0 Å². The fourth-order valence-electron chi connectivity index (χ4n) is 3.37. The molecule has 0 aromatic heterocycles. The number of phenolic OH excluding ortho intramolecular Hbond substituents is 1. The molecule has 0 aliphatic heterocycles. The van der Waals surface area contributed by atoms with Gasteiger partial charge in [0.05, 0.1) is 17.7 Å². The first kappa shape index (κ1) is 24.7. The third kappa shape index (κ3) is 5.44. The molecule has 0 radical (unpaired) electrons. The molecule has 0 unspecified atom stereocenters. The van der Waals surface area contributed by atoms with E-state index in [0.29, 0.717) is 11.1 Å².